The van der Waals surface area contributed by atoms with Gasteiger partial charge in [0.1, 0.15) is 6.04 Å². The van der Waals surface area contributed by atoms with E-state index in [4.69, 9.17) is 16.0 Å². The van der Waals surface area contributed by atoms with Crippen LogP contribution in [0.15, 0.2) is 0 Å². The molecule has 0 bridgehead atoms. The number of hydrogen-bond acceptors (Lipinski definition) is 5. The van der Waals surface area contributed by atoms with E-state index in [9.17, 15) is 13.9 Å². The number of aliphatic carboxylic acids is 1. The van der Waals surface area contributed by atoms with Crippen molar-refractivity contribution in [3.8, 4) is 0 Å². The Morgan fingerprint density at radius 1 is 1.43 bits per heavy atom. The number of carbonyl (C=O) groups is 1. The summed E-state index contributed by atoms with van der Waals surface area (Å²) in [7, 11) is -3.28. The molecule has 0 aliphatic rings. The summed E-state index contributed by atoms with van der Waals surface area (Å²) in [6.45, 7) is 0.404. The molecule has 82 valence electrons. The van der Waals surface area contributed by atoms with E-state index in [-0.39, 0.29) is 11.3 Å². The van der Waals surface area contributed by atoms with Crippen LogP contribution in [0.2, 0.25) is 0 Å². The van der Waals surface area contributed by atoms with Crippen LogP contribution in [0.4, 0.5) is 0 Å². The van der Waals surface area contributed by atoms with E-state index in [2.05, 4.69) is 0 Å². The van der Waals surface area contributed by atoms with E-state index in [1.165, 1.54) is 0 Å². The first-order valence-electron chi connectivity index (χ1n) is 4.06. The molecule has 7 nitrogen and oxygen atoms in total. The Morgan fingerprint density at radius 3 is 2.36 bits per heavy atom. The Labute approximate surface area is 81.3 Å². The molecular formula is C6H13N2O5P. The van der Waals surface area contributed by atoms with Gasteiger partial charge in [-0.2, -0.15) is 0 Å². The number of nitrogens with two attached hydrogens (primary N) is 1. The van der Waals surface area contributed by atoms with Crippen molar-refractivity contribution in [3.05, 3.63) is 0 Å². The molecule has 0 aromatic rings. The van der Waals surface area contributed by atoms with Gasteiger partial charge in [-0.15, -0.1) is 0 Å². The van der Waals surface area contributed by atoms with Crippen LogP contribution in [0.3, 0.4) is 0 Å². The molecule has 0 aliphatic carbocycles. The van der Waals surface area contributed by atoms with Gasteiger partial charge in [-0.1, -0.05) is 4.83 Å². The van der Waals surface area contributed by atoms with Crippen molar-refractivity contribution in [2.45, 2.75) is 25.3 Å². The summed E-state index contributed by atoms with van der Waals surface area (Å²) in [5.74, 6) is -1.37. The molecule has 4 N–H and O–H groups in total. The first-order valence-corrected chi connectivity index (χ1v) is 5.19. The molecule has 0 amide bonds. The summed E-state index contributed by atoms with van der Waals surface area (Å²) in [6.07, 6.45) is 1.09. The summed E-state index contributed by atoms with van der Waals surface area (Å²) in [6, 6.07) is -1.41. The summed E-state index contributed by atoms with van der Waals surface area (Å²) >= 11 is 0. The third-order valence-corrected chi connectivity index (χ3v) is 2.28. The molecule has 0 saturated heterocycles. The minimum Gasteiger partial charge on any atom is -0.480 e. The Hall–Kier alpha value is -0.750. The lowest BCUT2D eigenvalue weighted by Crippen LogP contribution is -2.33. The molecule has 0 aliphatic heterocycles. The van der Waals surface area contributed by atoms with E-state index in [0.717, 1.165) is 0 Å². The smallest absolute Gasteiger partial charge is 0.423 e. The van der Waals surface area contributed by atoms with Crippen molar-refractivity contribution < 1.29 is 24.2 Å². The van der Waals surface area contributed by atoms with Crippen LogP contribution in [-0.2, 0) is 13.9 Å². The average Bonchev–Trinajstić information content (AvgIpc) is 2.10. The molecule has 14 heavy (non-hydrogen) atoms. The SMILES string of the molecule is NCCCCC(C(=O)O)N(O)P(=O)=O. The Kier molecular flexibility index (Phi) is 6.31. The number of nitrogens with zero attached hydrogens (tertiary/aromatic N) is 1. The predicted octanol–water partition coefficient (Wildman–Crippen LogP) is 0.348. The highest BCUT2D eigenvalue weighted by Crippen LogP contribution is 2.18. The summed E-state index contributed by atoms with van der Waals surface area (Å²) in [5, 5.41) is 17.5. The lowest BCUT2D eigenvalue weighted by Gasteiger charge is -2.14. The molecule has 1 atom stereocenters. The van der Waals surface area contributed by atoms with Crippen LogP contribution < -0.4 is 5.73 Å². The zero-order chi connectivity index (χ0) is 11.1. The minimum absolute atomic E-state index is 0.0480. The molecule has 0 heterocycles. The molecule has 0 saturated carbocycles. The quantitative estimate of drug-likeness (QED) is 0.324. The Morgan fingerprint density at radius 2 is 2.00 bits per heavy atom. The number of rotatable bonds is 7. The first-order chi connectivity index (χ1) is 6.50. The number of hydrogen-bond donors (Lipinski definition) is 3. The Bertz CT molecular complexity index is 247. The van der Waals surface area contributed by atoms with Gasteiger partial charge >= 0.3 is 13.8 Å². The topological polar surface area (TPSA) is 121 Å². The van der Waals surface area contributed by atoms with Gasteiger partial charge in [0.15, 0.2) is 0 Å². The minimum atomic E-state index is -3.28. The van der Waals surface area contributed by atoms with Gasteiger partial charge in [0.05, 0.1) is 0 Å². The number of carboxylic acid groups (broad SMARTS) is 1. The van der Waals surface area contributed by atoms with Crippen molar-refractivity contribution in [2.24, 2.45) is 5.73 Å². The van der Waals surface area contributed by atoms with E-state index in [1.807, 2.05) is 0 Å². The van der Waals surface area contributed by atoms with Crippen molar-refractivity contribution in [1.82, 2.24) is 4.83 Å². The van der Waals surface area contributed by atoms with Crippen LogP contribution in [0.5, 0.6) is 0 Å². The molecule has 8 heteroatoms. The van der Waals surface area contributed by atoms with Gasteiger partial charge in [0.2, 0.25) is 0 Å². The maximum atomic E-state index is 10.5. The van der Waals surface area contributed by atoms with Gasteiger partial charge in [-0.25, -0.2) is 9.13 Å². The molecule has 0 aromatic heterocycles. The van der Waals surface area contributed by atoms with Crippen molar-refractivity contribution in [3.63, 3.8) is 0 Å². The zero-order valence-corrected chi connectivity index (χ0v) is 8.39. The zero-order valence-electron chi connectivity index (χ0n) is 7.50. The third-order valence-electron chi connectivity index (χ3n) is 1.66. The lowest BCUT2D eigenvalue weighted by molar-refractivity contribution is -0.152. The van der Waals surface area contributed by atoms with E-state index < -0.39 is 19.8 Å². The molecule has 1 unspecified atom stereocenters. The molecule has 0 fully saturated rings. The summed E-state index contributed by atoms with van der Waals surface area (Å²) in [4.78, 5) is 10.4. The van der Waals surface area contributed by atoms with Crippen molar-refractivity contribution in [1.29, 1.82) is 0 Å². The fourth-order valence-corrected chi connectivity index (χ4v) is 1.38. The molecule has 0 spiro atoms. The average molecular weight is 224 g/mol. The third kappa shape index (κ3) is 4.48. The number of carboxylic acids is 1. The fraction of sp³-hybridized carbons (Fsp3) is 0.833. The maximum absolute atomic E-state index is 10.5. The van der Waals surface area contributed by atoms with Gasteiger partial charge in [0.25, 0.3) is 0 Å². The van der Waals surface area contributed by atoms with E-state index >= 15 is 0 Å². The van der Waals surface area contributed by atoms with E-state index in [0.29, 0.717) is 19.4 Å². The monoisotopic (exact) mass is 224 g/mol. The summed E-state index contributed by atoms with van der Waals surface area (Å²) in [5.41, 5.74) is 5.18. The van der Waals surface area contributed by atoms with Crippen LogP contribution >= 0.6 is 7.83 Å². The normalized spacial score (nSPS) is 12.8. The highest BCUT2D eigenvalue weighted by molar-refractivity contribution is 7.27. The van der Waals surface area contributed by atoms with Crippen LogP contribution in [-0.4, -0.2) is 33.7 Å². The second-order valence-corrected chi connectivity index (χ2v) is 3.58. The van der Waals surface area contributed by atoms with Gasteiger partial charge in [0, 0.05) is 0 Å². The predicted molar refractivity (Wildman–Crippen MR) is 46.2 cm³/mol. The Balaban J connectivity index is 4.22. The van der Waals surface area contributed by atoms with Gasteiger partial charge in [-0.3, -0.25) is 4.79 Å². The second kappa shape index (κ2) is 6.67. The highest BCUT2D eigenvalue weighted by atomic mass is 31.1. The largest absolute Gasteiger partial charge is 0.480 e. The number of unbranched alkanes of at least 4 members (excludes halogenated alkanes) is 1. The second-order valence-electron chi connectivity index (χ2n) is 2.70. The first kappa shape index (κ1) is 13.2. The molecule has 0 aromatic carbocycles. The molecule has 0 rings (SSSR count). The van der Waals surface area contributed by atoms with Gasteiger partial charge < -0.3 is 16.0 Å². The maximum Gasteiger partial charge on any atom is 0.423 e. The molecular weight excluding hydrogens is 211 g/mol. The standard InChI is InChI=1S/C6H13N2O5P/c7-4-2-1-3-5(6(9)10)8(11)14(12)13/h5,11H,1-4,7H2,(H,9,10). The van der Waals surface area contributed by atoms with E-state index in [1.54, 1.807) is 0 Å². The molecule has 0 radical (unpaired) electrons. The van der Waals surface area contributed by atoms with Crippen molar-refractivity contribution >= 4 is 13.8 Å². The highest BCUT2D eigenvalue weighted by Gasteiger charge is 2.27. The van der Waals surface area contributed by atoms with Crippen LogP contribution in [0.1, 0.15) is 19.3 Å². The number of hydroxylamine groups is 1. The summed E-state index contributed by atoms with van der Waals surface area (Å²) < 4.78 is 20.6. The lowest BCUT2D eigenvalue weighted by atomic mass is 10.1. The van der Waals surface area contributed by atoms with Crippen molar-refractivity contribution in [2.75, 3.05) is 6.54 Å². The fourth-order valence-electron chi connectivity index (χ4n) is 0.934. The van der Waals surface area contributed by atoms with Crippen LogP contribution in [0, 0.1) is 0 Å². The van der Waals surface area contributed by atoms with Gasteiger partial charge in [-0.05, 0) is 25.8 Å². The van der Waals surface area contributed by atoms with Crippen LogP contribution in [0.25, 0.3) is 0 Å².